The van der Waals surface area contributed by atoms with E-state index in [-0.39, 0.29) is 12.4 Å². The second kappa shape index (κ2) is 6.86. The molecule has 1 aliphatic heterocycles. The van der Waals surface area contributed by atoms with Crippen molar-refractivity contribution in [3.05, 3.63) is 30.3 Å². The van der Waals surface area contributed by atoms with Gasteiger partial charge in [-0.2, -0.15) is 4.99 Å². The predicted molar refractivity (Wildman–Crippen MR) is 75.1 cm³/mol. The number of urea groups is 1. The van der Waals surface area contributed by atoms with E-state index in [2.05, 4.69) is 10.3 Å². The third kappa shape index (κ3) is 3.92. The van der Waals surface area contributed by atoms with Crippen LogP contribution in [0.4, 0.5) is 10.5 Å². The van der Waals surface area contributed by atoms with Gasteiger partial charge in [0.15, 0.2) is 0 Å². The molecule has 0 atom stereocenters. The number of benzene rings is 1. The van der Waals surface area contributed by atoms with Gasteiger partial charge in [0.1, 0.15) is 0 Å². The van der Waals surface area contributed by atoms with E-state index in [0.717, 1.165) is 31.6 Å². The van der Waals surface area contributed by atoms with Crippen LogP contribution in [0.1, 0.15) is 12.8 Å². The highest BCUT2D eigenvalue weighted by molar-refractivity contribution is 5.98. The van der Waals surface area contributed by atoms with E-state index in [9.17, 15) is 4.79 Å². The van der Waals surface area contributed by atoms with Gasteiger partial charge in [-0.05, 0) is 25.0 Å². The lowest BCUT2D eigenvalue weighted by molar-refractivity contribution is 0.259. The fourth-order valence-corrected chi connectivity index (χ4v) is 1.79. The number of aliphatic imine (C=N–C) groups is 1. The normalized spacial score (nSPS) is 15.1. The Morgan fingerprint density at radius 1 is 1.22 bits per heavy atom. The van der Waals surface area contributed by atoms with Crippen molar-refractivity contribution in [3.8, 4) is 0 Å². The summed E-state index contributed by atoms with van der Waals surface area (Å²) in [6.07, 6.45) is 2.22. The molecule has 18 heavy (non-hydrogen) atoms. The van der Waals surface area contributed by atoms with Gasteiger partial charge in [0.25, 0.3) is 0 Å². The van der Waals surface area contributed by atoms with Crippen LogP contribution in [-0.4, -0.2) is 30.0 Å². The standard InChI is InChI=1S/C12H16N4O.ClH/c13-11(16-8-4-5-9-16)15-12(17)14-10-6-2-1-3-7-10;/h1-3,6-7H,4-5,8-9H2,(H3,13,14,15,17);1H. The van der Waals surface area contributed by atoms with Gasteiger partial charge in [-0.25, -0.2) is 4.79 Å². The molecule has 0 bridgehead atoms. The molecule has 0 saturated carbocycles. The Hall–Kier alpha value is -1.75. The first-order valence-corrected chi connectivity index (χ1v) is 5.71. The lowest BCUT2D eigenvalue weighted by atomic mass is 10.3. The van der Waals surface area contributed by atoms with Crippen LogP contribution in [0.25, 0.3) is 0 Å². The molecule has 0 unspecified atom stereocenters. The van der Waals surface area contributed by atoms with Crippen molar-refractivity contribution in [2.75, 3.05) is 18.4 Å². The van der Waals surface area contributed by atoms with Crippen molar-refractivity contribution >= 4 is 30.1 Å². The van der Waals surface area contributed by atoms with E-state index in [1.54, 1.807) is 12.1 Å². The number of likely N-dealkylation sites (tertiary alicyclic amines) is 1. The van der Waals surface area contributed by atoms with Crippen molar-refractivity contribution in [2.24, 2.45) is 10.7 Å². The van der Waals surface area contributed by atoms with E-state index >= 15 is 0 Å². The number of guanidine groups is 1. The number of amides is 2. The molecule has 1 aromatic rings. The summed E-state index contributed by atoms with van der Waals surface area (Å²) < 4.78 is 0. The fourth-order valence-electron chi connectivity index (χ4n) is 1.79. The molecule has 1 aliphatic rings. The molecule has 0 spiro atoms. The molecule has 1 saturated heterocycles. The summed E-state index contributed by atoms with van der Waals surface area (Å²) in [4.78, 5) is 17.3. The molecule has 0 radical (unpaired) electrons. The molecule has 1 heterocycles. The first kappa shape index (κ1) is 14.3. The Labute approximate surface area is 112 Å². The highest BCUT2D eigenvalue weighted by atomic mass is 35.5. The summed E-state index contributed by atoms with van der Waals surface area (Å²) in [7, 11) is 0. The van der Waals surface area contributed by atoms with E-state index < -0.39 is 6.03 Å². The molecule has 1 aromatic carbocycles. The lowest BCUT2D eigenvalue weighted by Gasteiger charge is -2.15. The van der Waals surface area contributed by atoms with Crippen LogP contribution in [0.15, 0.2) is 35.3 Å². The third-order valence-electron chi connectivity index (χ3n) is 2.67. The maximum absolute atomic E-state index is 11.6. The third-order valence-corrected chi connectivity index (χ3v) is 2.67. The minimum atomic E-state index is -0.430. The Kier molecular flexibility index (Phi) is 5.45. The fraction of sp³-hybridized carbons (Fsp3) is 0.333. The number of nitrogens with zero attached hydrogens (tertiary/aromatic N) is 2. The average Bonchev–Trinajstić information content (AvgIpc) is 2.83. The predicted octanol–water partition coefficient (Wildman–Crippen LogP) is 2.05. The van der Waals surface area contributed by atoms with Crippen molar-refractivity contribution in [1.29, 1.82) is 0 Å². The lowest BCUT2D eigenvalue weighted by Crippen LogP contribution is -2.36. The van der Waals surface area contributed by atoms with Gasteiger partial charge < -0.3 is 16.0 Å². The highest BCUT2D eigenvalue weighted by Gasteiger charge is 2.14. The van der Waals surface area contributed by atoms with Crippen molar-refractivity contribution < 1.29 is 4.79 Å². The highest BCUT2D eigenvalue weighted by Crippen LogP contribution is 2.08. The number of hydrogen-bond donors (Lipinski definition) is 2. The maximum Gasteiger partial charge on any atom is 0.348 e. The zero-order valence-electron chi connectivity index (χ0n) is 10.0. The molecule has 0 aliphatic carbocycles. The van der Waals surface area contributed by atoms with Gasteiger partial charge in [0.2, 0.25) is 5.96 Å². The molecular weight excluding hydrogens is 252 g/mol. The van der Waals surface area contributed by atoms with Crippen LogP contribution in [0.5, 0.6) is 0 Å². The van der Waals surface area contributed by atoms with Crippen molar-refractivity contribution in [1.82, 2.24) is 4.90 Å². The van der Waals surface area contributed by atoms with Crippen LogP contribution >= 0.6 is 12.4 Å². The summed E-state index contributed by atoms with van der Waals surface area (Å²) >= 11 is 0. The Morgan fingerprint density at radius 2 is 1.83 bits per heavy atom. The molecule has 1 fully saturated rings. The topological polar surface area (TPSA) is 70.7 Å². The monoisotopic (exact) mass is 268 g/mol. The molecule has 6 heteroatoms. The molecule has 98 valence electrons. The quantitative estimate of drug-likeness (QED) is 0.605. The van der Waals surface area contributed by atoms with Gasteiger partial charge in [0, 0.05) is 18.8 Å². The summed E-state index contributed by atoms with van der Waals surface area (Å²) in [5.41, 5.74) is 6.47. The first-order chi connectivity index (χ1) is 8.25. The Balaban J connectivity index is 0.00000162. The number of hydrogen-bond acceptors (Lipinski definition) is 1. The number of anilines is 1. The minimum Gasteiger partial charge on any atom is -0.369 e. The van der Waals surface area contributed by atoms with Gasteiger partial charge in [-0.15, -0.1) is 12.4 Å². The minimum absolute atomic E-state index is 0. The van der Waals surface area contributed by atoms with Crippen LogP contribution in [-0.2, 0) is 0 Å². The SMILES string of the molecule is Cl.N/C(=N\C(=O)Nc1ccccc1)N1CCCC1. The molecule has 2 amide bonds. The number of carbonyl (C=O) groups is 1. The number of nitrogens with two attached hydrogens (primary N) is 1. The number of rotatable bonds is 1. The summed E-state index contributed by atoms with van der Waals surface area (Å²) in [5.74, 6) is 0.302. The smallest absolute Gasteiger partial charge is 0.348 e. The van der Waals surface area contributed by atoms with E-state index in [4.69, 9.17) is 5.73 Å². The number of para-hydroxylation sites is 1. The number of nitrogens with one attached hydrogen (secondary N) is 1. The average molecular weight is 269 g/mol. The van der Waals surface area contributed by atoms with Gasteiger partial charge in [-0.3, -0.25) is 0 Å². The van der Waals surface area contributed by atoms with Crippen LogP contribution in [0.2, 0.25) is 0 Å². The zero-order valence-corrected chi connectivity index (χ0v) is 10.8. The molecular formula is C12H17ClN4O. The van der Waals surface area contributed by atoms with Gasteiger partial charge >= 0.3 is 6.03 Å². The van der Waals surface area contributed by atoms with Crippen LogP contribution in [0.3, 0.4) is 0 Å². The molecule has 0 aromatic heterocycles. The summed E-state index contributed by atoms with van der Waals surface area (Å²) in [5, 5.41) is 2.66. The van der Waals surface area contributed by atoms with E-state index in [1.165, 1.54) is 0 Å². The summed E-state index contributed by atoms with van der Waals surface area (Å²) in [6.45, 7) is 1.77. The second-order valence-corrected chi connectivity index (χ2v) is 3.96. The zero-order chi connectivity index (χ0) is 12.1. The van der Waals surface area contributed by atoms with Crippen molar-refractivity contribution in [3.63, 3.8) is 0 Å². The molecule has 2 rings (SSSR count). The summed E-state index contributed by atoms with van der Waals surface area (Å²) in [6, 6.07) is 8.77. The molecule has 3 N–H and O–H groups in total. The second-order valence-electron chi connectivity index (χ2n) is 3.96. The number of halogens is 1. The van der Waals surface area contributed by atoms with Gasteiger partial charge in [0.05, 0.1) is 0 Å². The Morgan fingerprint density at radius 3 is 2.44 bits per heavy atom. The number of carbonyl (C=O) groups excluding carboxylic acids is 1. The van der Waals surface area contributed by atoms with E-state index in [1.807, 2.05) is 23.1 Å². The van der Waals surface area contributed by atoms with Crippen LogP contribution < -0.4 is 11.1 Å². The maximum atomic E-state index is 11.6. The first-order valence-electron chi connectivity index (χ1n) is 5.71. The Bertz CT molecular complexity index is 415. The van der Waals surface area contributed by atoms with Crippen molar-refractivity contribution in [2.45, 2.75) is 12.8 Å². The largest absolute Gasteiger partial charge is 0.369 e. The van der Waals surface area contributed by atoms with Gasteiger partial charge in [-0.1, -0.05) is 18.2 Å². The van der Waals surface area contributed by atoms with Crippen LogP contribution in [0, 0.1) is 0 Å². The molecule has 5 nitrogen and oxygen atoms in total. The van der Waals surface area contributed by atoms with E-state index in [0.29, 0.717) is 5.96 Å².